The lowest BCUT2D eigenvalue weighted by Gasteiger charge is -2.30. The van der Waals surface area contributed by atoms with Crippen molar-refractivity contribution < 1.29 is 9.90 Å². The minimum atomic E-state index is 0.174. The minimum Gasteiger partial charge on any atom is -0.396 e. The van der Waals surface area contributed by atoms with Crippen molar-refractivity contribution in [2.24, 2.45) is 11.8 Å². The molecule has 2 N–H and O–H groups in total. The fraction of sp³-hybridized carbons (Fsp3) is 0.933. The molecular weight excluding hydrogens is 240 g/mol. The highest BCUT2D eigenvalue weighted by Crippen LogP contribution is 2.22. The lowest BCUT2D eigenvalue weighted by molar-refractivity contribution is -0.122. The lowest BCUT2D eigenvalue weighted by atomic mass is 9.89. The second-order valence-corrected chi connectivity index (χ2v) is 6.21. The maximum absolute atomic E-state index is 11.9. The Bertz CT molecular complexity index is 269. The SMILES string of the molecule is O=C(CN1CCC(CO)CC1)NCC1CCCCC1. The fourth-order valence-electron chi connectivity index (χ4n) is 3.24. The van der Waals surface area contributed by atoms with Crippen LogP contribution >= 0.6 is 0 Å². The van der Waals surface area contributed by atoms with E-state index in [-0.39, 0.29) is 5.91 Å². The summed E-state index contributed by atoms with van der Waals surface area (Å²) in [7, 11) is 0. The fourth-order valence-corrected chi connectivity index (χ4v) is 3.24. The number of piperidine rings is 1. The quantitative estimate of drug-likeness (QED) is 0.792. The molecule has 2 rings (SSSR count). The Morgan fingerprint density at radius 2 is 1.74 bits per heavy atom. The first-order valence-corrected chi connectivity index (χ1v) is 7.88. The van der Waals surface area contributed by atoms with Gasteiger partial charge in [0.15, 0.2) is 0 Å². The van der Waals surface area contributed by atoms with E-state index in [0.29, 0.717) is 25.0 Å². The molecule has 0 atom stereocenters. The van der Waals surface area contributed by atoms with Crippen molar-refractivity contribution in [3.05, 3.63) is 0 Å². The number of carbonyl (C=O) groups excluding carboxylic acids is 1. The van der Waals surface area contributed by atoms with Gasteiger partial charge in [0.05, 0.1) is 6.54 Å². The Balaban J connectivity index is 1.59. The number of hydrogen-bond donors (Lipinski definition) is 2. The summed E-state index contributed by atoms with van der Waals surface area (Å²) in [6, 6.07) is 0. The summed E-state index contributed by atoms with van der Waals surface area (Å²) in [5, 5.41) is 12.2. The number of aliphatic hydroxyl groups is 1. The second-order valence-electron chi connectivity index (χ2n) is 6.21. The third-order valence-corrected chi connectivity index (χ3v) is 4.65. The van der Waals surface area contributed by atoms with Crippen molar-refractivity contribution in [2.75, 3.05) is 32.8 Å². The first kappa shape index (κ1) is 14.8. The van der Waals surface area contributed by atoms with Gasteiger partial charge in [-0.15, -0.1) is 0 Å². The third kappa shape index (κ3) is 5.11. The van der Waals surface area contributed by atoms with Gasteiger partial charge >= 0.3 is 0 Å². The van der Waals surface area contributed by atoms with Crippen LogP contribution in [0.15, 0.2) is 0 Å². The Labute approximate surface area is 116 Å². The van der Waals surface area contributed by atoms with Crippen LogP contribution in [0, 0.1) is 11.8 Å². The number of rotatable bonds is 5. The zero-order valence-corrected chi connectivity index (χ0v) is 11.9. The monoisotopic (exact) mass is 268 g/mol. The van der Waals surface area contributed by atoms with Gasteiger partial charge in [0.2, 0.25) is 5.91 Å². The molecule has 1 aliphatic heterocycles. The van der Waals surface area contributed by atoms with Crippen LogP contribution in [-0.4, -0.2) is 48.7 Å². The van der Waals surface area contributed by atoms with E-state index in [1.54, 1.807) is 0 Å². The summed E-state index contributed by atoms with van der Waals surface area (Å²) in [6.45, 7) is 3.59. The molecule has 0 bridgehead atoms. The topological polar surface area (TPSA) is 52.6 Å². The van der Waals surface area contributed by atoms with Crippen LogP contribution in [0.5, 0.6) is 0 Å². The van der Waals surface area contributed by atoms with E-state index < -0.39 is 0 Å². The first-order valence-electron chi connectivity index (χ1n) is 7.88. The highest BCUT2D eigenvalue weighted by molar-refractivity contribution is 5.78. The van der Waals surface area contributed by atoms with Crippen molar-refractivity contribution in [3.63, 3.8) is 0 Å². The second kappa shape index (κ2) is 7.85. The molecule has 4 heteroatoms. The number of amides is 1. The predicted octanol–water partition coefficient (Wildman–Crippen LogP) is 1.39. The molecule has 0 aromatic rings. The van der Waals surface area contributed by atoms with Gasteiger partial charge in [-0.25, -0.2) is 0 Å². The number of likely N-dealkylation sites (tertiary alicyclic amines) is 1. The van der Waals surface area contributed by atoms with Crippen LogP contribution in [0.3, 0.4) is 0 Å². The van der Waals surface area contributed by atoms with Crippen LogP contribution < -0.4 is 5.32 Å². The molecule has 0 spiro atoms. The van der Waals surface area contributed by atoms with Crippen LogP contribution in [0.1, 0.15) is 44.9 Å². The van der Waals surface area contributed by atoms with Gasteiger partial charge in [-0.1, -0.05) is 19.3 Å². The maximum Gasteiger partial charge on any atom is 0.234 e. The van der Waals surface area contributed by atoms with E-state index in [2.05, 4.69) is 10.2 Å². The average Bonchev–Trinajstić information content (AvgIpc) is 2.47. The standard InChI is InChI=1S/C15H28N2O2/c18-12-14-6-8-17(9-7-14)11-15(19)16-10-13-4-2-1-3-5-13/h13-14,18H,1-12H2,(H,16,19). The van der Waals surface area contributed by atoms with Crippen molar-refractivity contribution in [3.8, 4) is 0 Å². The molecule has 110 valence electrons. The summed E-state index contributed by atoms with van der Waals surface area (Å²) >= 11 is 0. The van der Waals surface area contributed by atoms with E-state index in [1.165, 1.54) is 32.1 Å². The molecule has 1 aliphatic carbocycles. The Morgan fingerprint density at radius 1 is 1.05 bits per heavy atom. The molecule has 1 heterocycles. The number of nitrogens with one attached hydrogen (secondary N) is 1. The Hall–Kier alpha value is -0.610. The van der Waals surface area contributed by atoms with Crippen molar-refractivity contribution in [1.29, 1.82) is 0 Å². The van der Waals surface area contributed by atoms with Gasteiger partial charge in [-0.05, 0) is 50.6 Å². The largest absolute Gasteiger partial charge is 0.396 e. The summed E-state index contributed by atoms with van der Waals surface area (Å²) in [6.07, 6.45) is 8.62. The first-order chi connectivity index (χ1) is 9.28. The zero-order valence-electron chi connectivity index (χ0n) is 11.9. The molecule has 19 heavy (non-hydrogen) atoms. The van der Waals surface area contributed by atoms with Gasteiger partial charge in [-0.2, -0.15) is 0 Å². The van der Waals surface area contributed by atoms with E-state index in [4.69, 9.17) is 5.11 Å². The highest BCUT2D eigenvalue weighted by Gasteiger charge is 2.20. The van der Waals surface area contributed by atoms with Crippen molar-refractivity contribution in [2.45, 2.75) is 44.9 Å². The van der Waals surface area contributed by atoms with Gasteiger partial charge in [-0.3, -0.25) is 9.69 Å². The van der Waals surface area contributed by atoms with Crippen molar-refractivity contribution >= 4 is 5.91 Å². The molecule has 0 unspecified atom stereocenters. The summed E-state index contributed by atoms with van der Waals surface area (Å²) in [5.41, 5.74) is 0. The molecule has 1 saturated heterocycles. The maximum atomic E-state index is 11.9. The third-order valence-electron chi connectivity index (χ3n) is 4.65. The predicted molar refractivity (Wildman–Crippen MR) is 75.8 cm³/mol. The molecule has 4 nitrogen and oxygen atoms in total. The number of nitrogens with zero attached hydrogens (tertiary/aromatic N) is 1. The molecule has 0 aromatic heterocycles. The van der Waals surface area contributed by atoms with E-state index in [1.807, 2.05) is 0 Å². The molecule has 1 saturated carbocycles. The zero-order chi connectivity index (χ0) is 13.5. The Kier molecular flexibility index (Phi) is 6.11. The number of carbonyl (C=O) groups is 1. The van der Waals surface area contributed by atoms with E-state index >= 15 is 0 Å². The number of hydrogen-bond acceptors (Lipinski definition) is 3. The normalized spacial score (nSPS) is 23.4. The molecule has 0 aromatic carbocycles. The summed E-state index contributed by atoms with van der Waals surface area (Å²) < 4.78 is 0. The van der Waals surface area contributed by atoms with Gasteiger partial charge in [0.1, 0.15) is 0 Å². The van der Waals surface area contributed by atoms with Crippen LogP contribution in [0.2, 0.25) is 0 Å². The van der Waals surface area contributed by atoms with Crippen molar-refractivity contribution in [1.82, 2.24) is 10.2 Å². The molecular formula is C15H28N2O2. The summed E-state index contributed by atoms with van der Waals surface area (Å²) in [5.74, 6) is 1.33. The minimum absolute atomic E-state index is 0.174. The van der Waals surface area contributed by atoms with Crippen LogP contribution in [-0.2, 0) is 4.79 Å². The van der Waals surface area contributed by atoms with E-state index in [9.17, 15) is 4.79 Å². The smallest absolute Gasteiger partial charge is 0.234 e. The van der Waals surface area contributed by atoms with Crippen LogP contribution in [0.25, 0.3) is 0 Å². The highest BCUT2D eigenvalue weighted by atomic mass is 16.3. The number of aliphatic hydroxyl groups excluding tert-OH is 1. The van der Waals surface area contributed by atoms with Gasteiger partial charge < -0.3 is 10.4 Å². The van der Waals surface area contributed by atoms with Gasteiger partial charge in [0.25, 0.3) is 0 Å². The van der Waals surface area contributed by atoms with Crippen LogP contribution in [0.4, 0.5) is 0 Å². The van der Waals surface area contributed by atoms with E-state index in [0.717, 1.165) is 32.5 Å². The van der Waals surface area contributed by atoms with Gasteiger partial charge in [0, 0.05) is 13.2 Å². The molecule has 2 fully saturated rings. The lowest BCUT2D eigenvalue weighted by Crippen LogP contribution is -2.43. The average molecular weight is 268 g/mol. The molecule has 0 radical (unpaired) electrons. The Morgan fingerprint density at radius 3 is 2.37 bits per heavy atom. The molecule has 2 aliphatic rings. The molecule has 1 amide bonds. The summed E-state index contributed by atoms with van der Waals surface area (Å²) in [4.78, 5) is 14.1.